The number of ketones is 1. The van der Waals surface area contributed by atoms with Gasteiger partial charge in [0.15, 0.2) is 5.78 Å². The maximum Gasteiger partial charge on any atom is 0.251 e. The zero-order valence-corrected chi connectivity index (χ0v) is 22.5. The lowest BCUT2D eigenvalue weighted by molar-refractivity contribution is -0.115. The number of allylic oxidation sites excluding steroid dienone is 3. The van der Waals surface area contributed by atoms with E-state index < -0.39 is 9.84 Å². The molecule has 3 aromatic rings. The normalized spacial score (nSPS) is 14.1. The van der Waals surface area contributed by atoms with Gasteiger partial charge in [0.25, 0.3) is 5.91 Å². The van der Waals surface area contributed by atoms with Gasteiger partial charge in [0.2, 0.25) is 15.0 Å². The number of aromatic nitrogens is 4. The van der Waals surface area contributed by atoms with Crippen molar-refractivity contribution in [3.63, 3.8) is 0 Å². The number of Topliss-reactive ketones (excluding diaryl/α,β-unsaturated/α-hetero) is 1. The molecule has 9 nitrogen and oxygen atoms in total. The zero-order chi connectivity index (χ0) is 27.1. The number of carbonyl (C=O) groups is 2. The van der Waals surface area contributed by atoms with Crippen molar-refractivity contribution in [1.82, 2.24) is 25.1 Å². The molecular formula is C27H29N5O4S. The molecule has 0 spiro atoms. The molecule has 1 amide bonds. The van der Waals surface area contributed by atoms with E-state index in [1.807, 2.05) is 46.9 Å². The zero-order valence-electron chi connectivity index (χ0n) is 21.7. The summed E-state index contributed by atoms with van der Waals surface area (Å²) in [6.45, 7) is 7.73. The number of hydrogen-bond acceptors (Lipinski definition) is 7. The molecule has 1 aliphatic rings. The second kappa shape index (κ2) is 9.85. The topological polar surface area (TPSA) is 124 Å². The van der Waals surface area contributed by atoms with Crippen LogP contribution in [0.3, 0.4) is 0 Å². The Bertz CT molecular complexity index is 1580. The minimum Gasteiger partial charge on any atom is -0.348 e. The monoisotopic (exact) mass is 519 g/mol. The van der Waals surface area contributed by atoms with Crippen LogP contribution in [0.4, 0.5) is 0 Å². The molecular weight excluding hydrogens is 490 g/mol. The molecule has 0 atom stereocenters. The molecule has 0 saturated heterocycles. The van der Waals surface area contributed by atoms with Crippen LogP contribution in [0.1, 0.15) is 41.8 Å². The van der Waals surface area contributed by atoms with Crippen molar-refractivity contribution in [2.45, 2.75) is 39.3 Å². The summed E-state index contributed by atoms with van der Waals surface area (Å²) in [7, 11) is -1.72. The van der Waals surface area contributed by atoms with Crippen LogP contribution < -0.4 is 5.32 Å². The fourth-order valence-electron chi connectivity index (χ4n) is 4.54. The fraction of sp³-hybridized carbons (Fsp3) is 0.296. The molecule has 37 heavy (non-hydrogen) atoms. The average Bonchev–Trinajstić information content (AvgIpc) is 3.15. The van der Waals surface area contributed by atoms with E-state index in [0.29, 0.717) is 28.7 Å². The third-order valence-electron chi connectivity index (χ3n) is 6.46. The van der Waals surface area contributed by atoms with Crippen molar-refractivity contribution in [2.24, 2.45) is 7.05 Å². The Morgan fingerprint density at radius 3 is 2.30 bits per heavy atom. The molecule has 0 fully saturated rings. The van der Waals surface area contributed by atoms with E-state index >= 15 is 0 Å². The molecule has 192 valence electrons. The highest BCUT2D eigenvalue weighted by molar-refractivity contribution is 7.90. The molecule has 1 N–H and O–H groups in total. The summed E-state index contributed by atoms with van der Waals surface area (Å²) in [5.74, 6) is -0.314. The van der Waals surface area contributed by atoms with Crippen LogP contribution >= 0.6 is 0 Å². The summed E-state index contributed by atoms with van der Waals surface area (Å²) in [4.78, 5) is 34.0. The SMILES string of the molecule is CC1=CC(C)=C(CNC(=O)c2cc(-c3cnc(S(C)(=O)=O)nc3)cc(-c3c(C)cnn3C)c2C)C(=O)C1. The second-order valence-electron chi connectivity index (χ2n) is 9.46. The molecule has 2 aromatic heterocycles. The minimum atomic E-state index is -3.55. The number of aryl methyl sites for hydroxylation is 2. The van der Waals surface area contributed by atoms with Gasteiger partial charge in [0.1, 0.15) is 0 Å². The van der Waals surface area contributed by atoms with Gasteiger partial charge in [-0.2, -0.15) is 5.10 Å². The number of sulfone groups is 1. The summed E-state index contributed by atoms with van der Waals surface area (Å²) < 4.78 is 25.3. The van der Waals surface area contributed by atoms with E-state index in [9.17, 15) is 18.0 Å². The highest BCUT2D eigenvalue weighted by Crippen LogP contribution is 2.33. The second-order valence-corrected chi connectivity index (χ2v) is 11.4. The first-order valence-corrected chi connectivity index (χ1v) is 13.6. The van der Waals surface area contributed by atoms with Crippen LogP contribution in [0.15, 0.2) is 58.7 Å². The Labute approximate surface area is 216 Å². The number of hydrogen-bond donors (Lipinski definition) is 1. The van der Waals surface area contributed by atoms with Gasteiger partial charge < -0.3 is 5.32 Å². The predicted molar refractivity (Wildman–Crippen MR) is 141 cm³/mol. The first kappa shape index (κ1) is 26.2. The van der Waals surface area contributed by atoms with Crippen LogP contribution in [0, 0.1) is 13.8 Å². The van der Waals surface area contributed by atoms with E-state index in [-0.39, 0.29) is 23.4 Å². The Morgan fingerprint density at radius 1 is 1.05 bits per heavy atom. The molecule has 1 aliphatic carbocycles. The lowest BCUT2D eigenvalue weighted by atomic mass is 9.91. The van der Waals surface area contributed by atoms with Gasteiger partial charge in [0.05, 0.1) is 11.9 Å². The third kappa shape index (κ3) is 5.29. The van der Waals surface area contributed by atoms with E-state index in [4.69, 9.17) is 0 Å². The van der Waals surface area contributed by atoms with Gasteiger partial charge in [0, 0.05) is 60.9 Å². The number of benzene rings is 1. The lowest BCUT2D eigenvalue weighted by Crippen LogP contribution is -2.30. The number of carbonyl (C=O) groups excluding carboxylic acids is 2. The molecule has 1 aromatic carbocycles. The molecule has 0 bridgehead atoms. The van der Waals surface area contributed by atoms with Crippen LogP contribution in [-0.2, 0) is 21.7 Å². The Kier molecular flexibility index (Phi) is 6.96. The molecule has 4 rings (SSSR count). The summed E-state index contributed by atoms with van der Waals surface area (Å²) in [6.07, 6.45) is 7.98. The van der Waals surface area contributed by atoms with E-state index in [1.165, 1.54) is 12.4 Å². The molecule has 2 heterocycles. The van der Waals surface area contributed by atoms with Crippen molar-refractivity contribution in [3.8, 4) is 22.4 Å². The number of nitrogens with zero attached hydrogens (tertiary/aromatic N) is 4. The van der Waals surface area contributed by atoms with Crippen molar-refractivity contribution in [2.75, 3.05) is 12.8 Å². The molecule has 0 saturated carbocycles. The van der Waals surface area contributed by atoms with Crippen LogP contribution in [0.5, 0.6) is 0 Å². The average molecular weight is 520 g/mol. The highest BCUT2D eigenvalue weighted by Gasteiger charge is 2.22. The number of rotatable bonds is 6. The van der Waals surface area contributed by atoms with Crippen molar-refractivity contribution in [3.05, 3.63) is 70.2 Å². The largest absolute Gasteiger partial charge is 0.348 e. The summed E-state index contributed by atoms with van der Waals surface area (Å²) in [5, 5.41) is 6.99. The van der Waals surface area contributed by atoms with Crippen molar-refractivity contribution < 1.29 is 18.0 Å². The smallest absolute Gasteiger partial charge is 0.251 e. The Morgan fingerprint density at radius 2 is 1.73 bits per heavy atom. The van der Waals surface area contributed by atoms with Crippen molar-refractivity contribution >= 4 is 21.5 Å². The standard InChI is InChI=1S/C27H29N5O4S/c1-15-7-16(2)23(24(33)8-15)14-28-26(34)22-10-19(20-12-29-27(30-13-20)37(6,35)36)9-21(18(22)4)25-17(3)11-31-32(25)5/h7,9-13H,8,14H2,1-6H3,(H,28,34). The van der Waals surface area contributed by atoms with E-state index in [2.05, 4.69) is 20.4 Å². The number of amides is 1. The first-order valence-electron chi connectivity index (χ1n) is 11.7. The minimum absolute atomic E-state index is 0.0117. The first-order chi connectivity index (χ1) is 17.4. The van der Waals surface area contributed by atoms with Gasteiger partial charge in [-0.15, -0.1) is 0 Å². The van der Waals surface area contributed by atoms with Gasteiger partial charge >= 0.3 is 0 Å². The summed E-state index contributed by atoms with van der Waals surface area (Å²) in [5.41, 5.74) is 7.42. The molecule has 10 heteroatoms. The summed E-state index contributed by atoms with van der Waals surface area (Å²) in [6, 6.07) is 3.65. The number of nitrogens with one attached hydrogen (secondary N) is 1. The van der Waals surface area contributed by atoms with Crippen LogP contribution in [0.2, 0.25) is 0 Å². The maximum atomic E-state index is 13.5. The predicted octanol–water partition coefficient (Wildman–Crippen LogP) is 3.53. The lowest BCUT2D eigenvalue weighted by Gasteiger charge is -2.18. The van der Waals surface area contributed by atoms with E-state index in [1.54, 1.807) is 16.9 Å². The summed E-state index contributed by atoms with van der Waals surface area (Å²) >= 11 is 0. The van der Waals surface area contributed by atoms with Gasteiger partial charge in [-0.25, -0.2) is 18.4 Å². The fourth-order valence-corrected chi connectivity index (χ4v) is 5.03. The Balaban J connectivity index is 1.78. The molecule has 0 aliphatic heterocycles. The van der Waals surface area contributed by atoms with Gasteiger partial charge in [-0.05, 0) is 62.1 Å². The Hall–Kier alpha value is -3.92. The van der Waals surface area contributed by atoms with Gasteiger partial charge in [-0.3, -0.25) is 14.3 Å². The van der Waals surface area contributed by atoms with E-state index in [0.717, 1.165) is 39.8 Å². The quantitative estimate of drug-likeness (QED) is 0.494. The highest BCUT2D eigenvalue weighted by atomic mass is 32.2. The van der Waals surface area contributed by atoms with Crippen molar-refractivity contribution in [1.29, 1.82) is 0 Å². The van der Waals surface area contributed by atoms with Crippen LogP contribution in [0.25, 0.3) is 22.4 Å². The molecule has 0 unspecified atom stereocenters. The van der Waals surface area contributed by atoms with Gasteiger partial charge in [-0.1, -0.05) is 11.6 Å². The van der Waals surface area contributed by atoms with Crippen LogP contribution in [-0.4, -0.2) is 52.7 Å². The third-order valence-corrected chi connectivity index (χ3v) is 7.34. The molecule has 0 radical (unpaired) electrons. The maximum absolute atomic E-state index is 13.5.